The molecule has 0 fully saturated rings. The van der Waals surface area contributed by atoms with Crippen molar-refractivity contribution in [3.8, 4) is 0 Å². The van der Waals surface area contributed by atoms with Crippen molar-refractivity contribution in [1.29, 1.82) is 0 Å². The van der Waals surface area contributed by atoms with Gasteiger partial charge in [0.1, 0.15) is 6.10 Å². The molecule has 0 aromatic heterocycles. The highest BCUT2D eigenvalue weighted by atomic mass is 16.3. The van der Waals surface area contributed by atoms with Gasteiger partial charge in [0.25, 0.3) is 0 Å². The Balaban J connectivity index is 2.66. The van der Waals surface area contributed by atoms with E-state index in [9.17, 15) is 5.11 Å². The van der Waals surface area contributed by atoms with Gasteiger partial charge in [-0.05, 0) is 93.0 Å². The fourth-order valence-electron chi connectivity index (χ4n) is 3.23. The van der Waals surface area contributed by atoms with Gasteiger partial charge in [-0.1, -0.05) is 23.8 Å². The lowest BCUT2D eigenvalue weighted by molar-refractivity contribution is 0.218. The predicted octanol–water partition coefficient (Wildman–Crippen LogP) is 4.93. The molecule has 2 aromatic rings. The van der Waals surface area contributed by atoms with Crippen molar-refractivity contribution in [1.82, 2.24) is 0 Å². The van der Waals surface area contributed by atoms with E-state index in [-0.39, 0.29) is 0 Å². The van der Waals surface area contributed by atoms with Crippen molar-refractivity contribution < 1.29 is 5.11 Å². The van der Waals surface area contributed by atoms with Crippen LogP contribution in [0.25, 0.3) is 0 Å². The van der Waals surface area contributed by atoms with Crippen molar-refractivity contribution in [3.05, 3.63) is 68.3 Å². The number of hydrogen-bond donors (Lipinski definition) is 1. The van der Waals surface area contributed by atoms with Gasteiger partial charge in [-0.2, -0.15) is 0 Å². The average molecular weight is 282 g/mol. The number of aliphatic hydroxyl groups is 1. The molecule has 2 rings (SSSR count). The summed E-state index contributed by atoms with van der Waals surface area (Å²) in [6.45, 7) is 14.9. The van der Waals surface area contributed by atoms with Crippen molar-refractivity contribution in [3.63, 3.8) is 0 Å². The van der Waals surface area contributed by atoms with Gasteiger partial charge in [0.2, 0.25) is 0 Å². The summed E-state index contributed by atoms with van der Waals surface area (Å²) in [5.74, 6) is 0. The SMILES string of the molecule is Cc1ccc(C(O)c2c(C)c(C)c(C)c(C)c2C)c(C)c1. The normalized spacial score (nSPS) is 12.6. The fourth-order valence-corrected chi connectivity index (χ4v) is 3.23. The molecule has 1 atom stereocenters. The minimum Gasteiger partial charge on any atom is -0.384 e. The van der Waals surface area contributed by atoms with Gasteiger partial charge in [-0.25, -0.2) is 0 Å². The maximum Gasteiger partial charge on any atom is 0.105 e. The fraction of sp³-hybridized carbons (Fsp3) is 0.400. The second kappa shape index (κ2) is 5.65. The molecule has 0 bridgehead atoms. The minimum absolute atomic E-state index is 0.552. The third kappa shape index (κ3) is 2.63. The molecule has 0 heterocycles. The van der Waals surface area contributed by atoms with Gasteiger partial charge in [0.05, 0.1) is 0 Å². The first kappa shape index (κ1) is 15.8. The van der Waals surface area contributed by atoms with Crippen LogP contribution in [0.5, 0.6) is 0 Å². The Labute approximate surface area is 128 Å². The lowest BCUT2D eigenvalue weighted by atomic mass is 9.84. The molecule has 2 aromatic carbocycles. The van der Waals surface area contributed by atoms with Crippen LogP contribution in [-0.2, 0) is 0 Å². The Hall–Kier alpha value is -1.60. The third-order valence-corrected chi connectivity index (χ3v) is 5.05. The Kier molecular flexibility index (Phi) is 4.25. The summed E-state index contributed by atoms with van der Waals surface area (Å²) in [5, 5.41) is 11.0. The molecule has 0 aliphatic heterocycles. The summed E-state index contributed by atoms with van der Waals surface area (Å²) in [7, 11) is 0. The number of hydrogen-bond acceptors (Lipinski definition) is 1. The van der Waals surface area contributed by atoms with Crippen LogP contribution in [0.4, 0.5) is 0 Å². The summed E-state index contributed by atoms with van der Waals surface area (Å²) in [5.41, 5.74) is 10.8. The van der Waals surface area contributed by atoms with Crippen LogP contribution in [0.2, 0.25) is 0 Å². The van der Waals surface area contributed by atoms with Crippen LogP contribution in [0, 0.1) is 48.5 Å². The maximum absolute atomic E-state index is 11.0. The zero-order valence-corrected chi connectivity index (χ0v) is 14.3. The van der Waals surface area contributed by atoms with E-state index in [0.717, 1.165) is 16.7 Å². The van der Waals surface area contributed by atoms with E-state index in [1.807, 2.05) is 0 Å². The van der Waals surface area contributed by atoms with Crippen molar-refractivity contribution in [2.45, 2.75) is 54.6 Å². The van der Waals surface area contributed by atoms with Crippen molar-refractivity contribution in [2.24, 2.45) is 0 Å². The van der Waals surface area contributed by atoms with Crippen LogP contribution in [-0.4, -0.2) is 5.11 Å². The monoisotopic (exact) mass is 282 g/mol. The maximum atomic E-state index is 11.0. The van der Waals surface area contributed by atoms with Crippen molar-refractivity contribution in [2.75, 3.05) is 0 Å². The molecule has 0 spiro atoms. The molecule has 0 aliphatic carbocycles. The molecule has 21 heavy (non-hydrogen) atoms. The highest BCUT2D eigenvalue weighted by Gasteiger charge is 2.21. The van der Waals surface area contributed by atoms with E-state index < -0.39 is 6.10 Å². The summed E-state index contributed by atoms with van der Waals surface area (Å²) < 4.78 is 0. The number of rotatable bonds is 2. The smallest absolute Gasteiger partial charge is 0.105 e. The van der Waals surface area contributed by atoms with Crippen LogP contribution in [0.1, 0.15) is 56.2 Å². The first-order valence-electron chi connectivity index (χ1n) is 7.57. The largest absolute Gasteiger partial charge is 0.384 e. The zero-order valence-electron chi connectivity index (χ0n) is 14.3. The van der Waals surface area contributed by atoms with E-state index >= 15 is 0 Å². The summed E-state index contributed by atoms with van der Waals surface area (Å²) in [4.78, 5) is 0. The van der Waals surface area contributed by atoms with Gasteiger partial charge in [-0.15, -0.1) is 0 Å². The van der Waals surface area contributed by atoms with E-state index in [4.69, 9.17) is 0 Å². The summed E-state index contributed by atoms with van der Waals surface area (Å²) in [6, 6.07) is 6.26. The Morgan fingerprint density at radius 1 is 0.714 bits per heavy atom. The molecule has 0 radical (unpaired) electrons. The highest BCUT2D eigenvalue weighted by Crippen LogP contribution is 2.34. The lowest BCUT2D eigenvalue weighted by Gasteiger charge is -2.24. The van der Waals surface area contributed by atoms with E-state index in [0.29, 0.717) is 0 Å². The first-order chi connectivity index (χ1) is 9.75. The molecule has 0 saturated heterocycles. The number of benzene rings is 2. The molecule has 1 unspecified atom stereocenters. The van der Waals surface area contributed by atoms with Crippen LogP contribution in [0.3, 0.4) is 0 Å². The van der Waals surface area contributed by atoms with Gasteiger partial charge in [0.15, 0.2) is 0 Å². The zero-order chi connectivity index (χ0) is 15.9. The van der Waals surface area contributed by atoms with Crippen LogP contribution >= 0.6 is 0 Å². The summed E-state index contributed by atoms with van der Waals surface area (Å²) in [6.07, 6.45) is -0.552. The molecule has 1 N–H and O–H groups in total. The van der Waals surface area contributed by atoms with Gasteiger partial charge in [-0.3, -0.25) is 0 Å². The Morgan fingerprint density at radius 2 is 1.19 bits per heavy atom. The van der Waals surface area contributed by atoms with Gasteiger partial charge >= 0.3 is 0 Å². The molecule has 0 saturated carbocycles. The highest BCUT2D eigenvalue weighted by molar-refractivity contribution is 5.53. The van der Waals surface area contributed by atoms with Crippen LogP contribution < -0.4 is 0 Å². The minimum atomic E-state index is -0.552. The molecule has 1 nitrogen and oxygen atoms in total. The van der Waals surface area contributed by atoms with Gasteiger partial charge in [0, 0.05) is 0 Å². The summed E-state index contributed by atoms with van der Waals surface area (Å²) >= 11 is 0. The molecule has 112 valence electrons. The molecule has 0 amide bonds. The van der Waals surface area contributed by atoms with E-state index in [1.54, 1.807) is 0 Å². The predicted molar refractivity (Wildman–Crippen MR) is 90.1 cm³/mol. The lowest BCUT2D eigenvalue weighted by Crippen LogP contribution is -2.10. The van der Waals surface area contributed by atoms with E-state index in [2.05, 4.69) is 66.7 Å². The topological polar surface area (TPSA) is 20.2 Å². The Morgan fingerprint density at radius 3 is 1.67 bits per heavy atom. The second-order valence-electron chi connectivity index (χ2n) is 6.30. The first-order valence-corrected chi connectivity index (χ1v) is 7.57. The molecular weight excluding hydrogens is 256 g/mol. The van der Waals surface area contributed by atoms with Crippen LogP contribution in [0.15, 0.2) is 18.2 Å². The molecule has 1 heteroatoms. The number of aliphatic hydroxyl groups excluding tert-OH is 1. The molecular formula is C20H26O. The van der Waals surface area contributed by atoms with Crippen molar-refractivity contribution >= 4 is 0 Å². The average Bonchev–Trinajstić information content (AvgIpc) is 2.43. The quantitative estimate of drug-likeness (QED) is 0.828. The Bertz CT molecular complexity index is 666. The second-order valence-corrected chi connectivity index (χ2v) is 6.30. The number of aryl methyl sites for hydroxylation is 2. The van der Waals surface area contributed by atoms with Gasteiger partial charge < -0.3 is 5.11 Å². The standard InChI is InChI=1S/C20H26O/c1-11-8-9-18(12(2)10-11)20(21)19-16(6)14(4)13(3)15(5)17(19)7/h8-10,20-21H,1-7H3. The third-order valence-electron chi connectivity index (χ3n) is 5.05. The molecule has 0 aliphatic rings. The van der Waals surface area contributed by atoms with E-state index in [1.165, 1.54) is 33.4 Å².